The number of hydrogen-bond acceptors (Lipinski definition) is 3. The average molecular weight is 450 g/mol. The van der Waals surface area contributed by atoms with Gasteiger partial charge in [0.25, 0.3) is 11.8 Å². The van der Waals surface area contributed by atoms with E-state index in [-0.39, 0.29) is 38.5 Å². The first-order valence-electron chi connectivity index (χ1n) is 7.98. The van der Waals surface area contributed by atoms with E-state index in [0.29, 0.717) is 24.4 Å². The van der Waals surface area contributed by atoms with Crippen molar-refractivity contribution < 1.29 is 14.7 Å². The van der Waals surface area contributed by atoms with Gasteiger partial charge in [0.05, 0.1) is 26.9 Å². The minimum absolute atomic E-state index is 0.0437. The number of aliphatic hydroxyl groups excluding tert-OH is 1. The maximum absolute atomic E-state index is 12.6. The summed E-state index contributed by atoms with van der Waals surface area (Å²) < 4.78 is 0. The summed E-state index contributed by atoms with van der Waals surface area (Å²) in [4.78, 5) is 25.0. The van der Waals surface area contributed by atoms with Crippen LogP contribution in [0.5, 0.6) is 0 Å². The molecule has 27 heavy (non-hydrogen) atoms. The second-order valence-electron chi connectivity index (χ2n) is 5.58. The van der Waals surface area contributed by atoms with Gasteiger partial charge in [0.15, 0.2) is 0 Å². The standard InChI is InChI=1S/C18H16Cl4N2O3/c19-10-3-4-12(14(21)8-10)18(27)24-16-13(7-11(20)9-15(16)22)17(26)23-5-1-2-6-25/h3-4,7-9,25H,1-2,5-6H2,(H,23,26)(H,24,27). The number of halogens is 4. The van der Waals surface area contributed by atoms with Crippen molar-refractivity contribution in [3.63, 3.8) is 0 Å². The largest absolute Gasteiger partial charge is 0.396 e. The second kappa shape index (κ2) is 10.2. The van der Waals surface area contributed by atoms with Gasteiger partial charge >= 0.3 is 0 Å². The number of anilines is 1. The maximum atomic E-state index is 12.6. The Morgan fingerprint density at radius 1 is 0.852 bits per heavy atom. The molecule has 0 radical (unpaired) electrons. The predicted octanol–water partition coefficient (Wildman–Crippen LogP) is 5.05. The summed E-state index contributed by atoms with van der Waals surface area (Å²) in [5, 5.41) is 15.0. The fourth-order valence-corrected chi connectivity index (χ4v) is 3.30. The first kappa shape index (κ1) is 21.8. The first-order chi connectivity index (χ1) is 12.8. The topological polar surface area (TPSA) is 78.4 Å². The van der Waals surface area contributed by atoms with Crippen LogP contribution in [-0.2, 0) is 0 Å². The smallest absolute Gasteiger partial charge is 0.257 e. The minimum Gasteiger partial charge on any atom is -0.396 e. The van der Waals surface area contributed by atoms with Gasteiger partial charge in [-0.2, -0.15) is 0 Å². The zero-order valence-corrected chi connectivity index (χ0v) is 17.0. The highest BCUT2D eigenvalue weighted by Gasteiger charge is 2.19. The molecule has 0 aliphatic carbocycles. The molecule has 0 aromatic heterocycles. The van der Waals surface area contributed by atoms with E-state index in [2.05, 4.69) is 10.6 Å². The van der Waals surface area contributed by atoms with Gasteiger partial charge in [-0.05, 0) is 43.2 Å². The van der Waals surface area contributed by atoms with Crippen molar-refractivity contribution in [1.82, 2.24) is 5.32 Å². The van der Waals surface area contributed by atoms with Crippen molar-refractivity contribution in [3.8, 4) is 0 Å². The molecule has 0 fully saturated rings. The fraction of sp³-hybridized carbons (Fsp3) is 0.222. The highest BCUT2D eigenvalue weighted by molar-refractivity contribution is 6.39. The lowest BCUT2D eigenvalue weighted by Gasteiger charge is -2.14. The lowest BCUT2D eigenvalue weighted by molar-refractivity contribution is 0.0953. The number of carbonyl (C=O) groups excluding carboxylic acids is 2. The molecule has 0 spiro atoms. The van der Waals surface area contributed by atoms with E-state index in [1.165, 1.54) is 30.3 Å². The molecule has 2 rings (SSSR count). The third-order valence-electron chi connectivity index (χ3n) is 3.58. The molecular weight excluding hydrogens is 434 g/mol. The second-order valence-corrected chi connectivity index (χ2v) is 7.26. The van der Waals surface area contributed by atoms with E-state index in [9.17, 15) is 9.59 Å². The molecular formula is C18H16Cl4N2O3. The number of hydrogen-bond donors (Lipinski definition) is 3. The Morgan fingerprint density at radius 3 is 2.22 bits per heavy atom. The van der Waals surface area contributed by atoms with Crippen LogP contribution in [0.1, 0.15) is 33.6 Å². The van der Waals surface area contributed by atoms with Crippen LogP contribution in [0.15, 0.2) is 30.3 Å². The SMILES string of the molecule is O=C(Nc1c(Cl)cc(Cl)cc1C(=O)NCCCCO)c1ccc(Cl)cc1Cl. The monoisotopic (exact) mass is 448 g/mol. The average Bonchev–Trinajstić information content (AvgIpc) is 2.60. The van der Waals surface area contributed by atoms with Gasteiger partial charge in [-0.1, -0.05) is 46.4 Å². The molecule has 0 aliphatic heterocycles. The normalized spacial score (nSPS) is 10.6. The molecule has 9 heteroatoms. The predicted molar refractivity (Wildman–Crippen MR) is 110 cm³/mol. The maximum Gasteiger partial charge on any atom is 0.257 e. The highest BCUT2D eigenvalue weighted by atomic mass is 35.5. The zero-order chi connectivity index (χ0) is 20.0. The van der Waals surface area contributed by atoms with E-state index in [1.807, 2.05) is 0 Å². The molecule has 144 valence electrons. The molecule has 2 aromatic carbocycles. The summed E-state index contributed by atoms with van der Waals surface area (Å²) in [7, 11) is 0. The molecule has 2 aromatic rings. The molecule has 0 atom stereocenters. The van der Waals surface area contributed by atoms with E-state index in [1.54, 1.807) is 0 Å². The number of benzene rings is 2. The van der Waals surface area contributed by atoms with Gasteiger partial charge in [-0.25, -0.2) is 0 Å². The summed E-state index contributed by atoms with van der Waals surface area (Å²) in [6.45, 7) is 0.405. The Hall–Kier alpha value is -1.50. The summed E-state index contributed by atoms with van der Waals surface area (Å²) in [5.41, 5.74) is 0.424. The van der Waals surface area contributed by atoms with Crippen molar-refractivity contribution >= 4 is 63.9 Å². The number of aliphatic hydroxyl groups is 1. The summed E-state index contributed by atoms with van der Waals surface area (Å²) in [6, 6.07) is 7.27. The fourth-order valence-electron chi connectivity index (χ4n) is 2.27. The van der Waals surface area contributed by atoms with Gasteiger partial charge in [0, 0.05) is 23.2 Å². The van der Waals surface area contributed by atoms with E-state index in [4.69, 9.17) is 51.5 Å². The molecule has 0 saturated heterocycles. The molecule has 5 nitrogen and oxygen atoms in total. The van der Waals surface area contributed by atoms with Crippen LogP contribution in [0.4, 0.5) is 5.69 Å². The number of carbonyl (C=O) groups is 2. The number of unbranched alkanes of at least 4 members (excludes halogenated alkanes) is 1. The molecule has 0 saturated carbocycles. The van der Waals surface area contributed by atoms with Crippen LogP contribution in [0.25, 0.3) is 0 Å². The van der Waals surface area contributed by atoms with E-state index in [0.717, 1.165) is 0 Å². The number of amides is 2. The van der Waals surface area contributed by atoms with Crippen LogP contribution in [-0.4, -0.2) is 30.1 Å². The quantitative estimate of drug-likeness (QED) is 0.517. The van der Waals surface area contributed by atoms with Crippen LogP contribution >= 0.6 is 46.4 Å². The minimum atomic E-state index is -0.546. The number of nitrogens with one attached hydrogen (secondary N) is 2. The molecule has 0 unspecified atom stereocenters. The molecule has 0 heterocycles. The third-order valence-corrected chi connectivity index (χ3v) is 4.65. The lowest BCUT2D eigenvalue weighted by atomic mass is 10.1. The number of rotatable bonds is 7. The summed E-state index contributed by atoms with van der Waals surface area (Å²) in [6.07, 6.45) is 1.17. The van der Waals surface area contributed by atoms with Crippen LogP contribution < -0.4 is 10.6 Å². The summed E-state index contributed by atoms with van der Waals surface area (Å²) in [5.74, 6) is -0.995. The van der Waals surface area contributed by atoms with Gasteiger partial charge in [0.1, 0.15) is 0 Å². The van der Waals surface area contributed by atoms with Crippen LogP contribution in [0.2, 0.25) is 20.1 Å². The van der Waals surface area contributed by atoms with Crippen molar-refractivity contribution in [2.24, 2.45) is 0 Å². The van der Waals surface area contributed by atoms with Crippen LogP contribution in [0.3, 0.4) is 0 Å². The van der Waals surface area contributed by atoms with Gasteiger partial charge < -0.3 is 15.7 Å². The lowest BCUT2D eigenvalue weighted by Crippen LogP contribution is -2.26. The third kappa shape index (κ3) is 5.99. The Kier molecular flexibility index (Phi) is 8.20. The Balaban J connectivity index is 2.27. The molecule has 0 aliphatic rings. The Morgan fingerprint density at radius 2 is 1.56 bits per heavy atom. The van der Waals surface area contributed by atoms with Crippen molar-refractivity contribution in [2.45, 2.75) is 12.8 Å². The van der Waals surface area contributed by atoms with Crippen LogP contribution in [0, 0.1) is 0 Å². The summed E-state index contributed by atoms with van der Waals surface area (Å²) >= 11 is 24.1. The van der Waals surface area contributed by atoms with Crippen molar-refractivity contribution in [3.05, 3.63) is 61.5 Å². The van der Waals surface area contributed by atoms with E-state index >= 15 is 0 Å². The van der Waals surface area contributed by atoms with Gasteiger partial charge in [-0.3, -0.25) is 9.59 Å². The Labute approximate surface area is 176 Å². The van der Waals surface area contributed by atoms with Gasteiger partial charge in [0.2, 0.25) is 0 Å². The van der Waals surface area contributed by atoms with Gasteiger partial charge in [-0.15, -0.1) is 0 Å². The molecule has 2 amide bonds. The van der Waals surface area contributed by atoms with E-state index < -0.39 is 11.8 Å². The van der Waals surface area contributed by atoms with Crippen molar-refractivity contribution in [1.29, 1.82) is 0 Å². The molecule has 0 bridgehead atoms. The highest BCUT2D eigenvalue weighted by Crippen LogP contribution is 2.31. The first-order valence-corrected chi connectivity index (χ1v) is 9.49. The Bertz CT molecular complexity index is 859. The molecule has 3 N–H and O–H groups in total. The zero-order valence-electron chi connectivity index (χ0n) is 14.0. The van der Waals surface area contributed by atoms with Crippen molar-refractivity contribution in [2.75, 3.05) is 18.5 Å².